The minimum atomic E-state index is -0.281. The van der Waals surface area contributed by atoms with Crippen molar-refractivity contribution in [2.45, 2.75) is 13.3 Å². The molecule has 0 atom stereocenters. The fraction of sp³-hybridized carbons (Fsp3) is 0.222. The second kappa shape index (κ2) is 8.58. The molecule has 0 aliphatic heterocycles. The molecule has 0 spiro atoms. The van der Waals surface area contributed by atoms with Crippen molar-refractivity contribution in [2.24, 2.45) is 0 Å². The maximum absolute atomic E-state index is 11.8. The van der Waals surface area contributed by atoms with Gasteiger partial charge in [-0.05, 0) is 42.8 Å². The van der Waals surface area contributed by atoms with Gasteiger partial charge in [-0.15, -0.1) is 0 Å². The summed E-state index contributed by atoms with van der Waals surface area (Å²) < 4.78 is 5.47. The summed E-state index contributed by atoms with van der Waals surface area (Å²) in [6.07, 6.45) is 0.944. The lowest BCUT2D eigenvalue weighted by Crippen LogP contribution is -2.32. The fourth-order valence-corrected chi connectivity index (χ4v) is 1.91. The smallest absolute Gasteiger partial charge is 0.251 e. The number of carbonyl (C=O) groups excluding carboxylic acids is 2. The Labute approximate surface area is 135 Å². The maximum atomic E-state index is 11.8. The molecule has 0 unspecified atom stereocenters. The molecule has 0 saturated heterocycles. The first kappa shape index (κ1) is 16.5. The van der Waals surface area contributed by atoms with Crippen LogP contribution in [-0.2, 0) is 4.79 Å². The molecule has 0 aliphatic carbocycles. The lowest BCUT2D eigenvalue weighted by Gasteiger charge is -2.08. The van der Waals surface area contributed by atoms with E-state index in [1.165, 1.54) is 0 Å². The van der Waals surface area contributed by atoms with E-state index in [4.69, 9.17) is 4.74 Å². The number of carbonyl (C=O) groups is 2. The molecular formula is C18H20N2O3. The summed E-state index contributed by atoms with van der Waals surface area (Å²) in [6.45, 7) is 2.62. The Morgan fingerprint density at radius 2 is 1.70 bits per heavy atom. The largest absolute Gasteiger partial charge is 0.494 e. The molecule has 5 nitrogen and oxygen atoms in total. The van der Waals surface area contributed by atoms with Gasteiger partial charge in [-0.3, -0.25) is 9.59 Å². The monoisotopic (exact) mass is 312 g/mol. The standard InChI is InChI=1S/C18H20N2O3/c1-2-12-23-16-10-8-15(9-11-16)20-17(21)13-19-18(22)14-6-4-3-5-7-14/h3-11H,2,12-13H2,1H3,(H,19,22)(H,20,21). The Morgan fingerprint density at radius 3 is 2.35 bits per heavy atom. The highest BCUT2D eigenvalue weighted by molar-refractivity contribution is 5.99. The van der Waals surface area contributed by atoms with Crippen LogP contribution in [0.2, 0.25) is 0 Å². The topological polar surface area (TPSA) is 67.4 Å². The normalized spacial score (nSPS) is 9.96. The number of benzene rings is 2. The highest BCUT2D eigenvalue weighted by Gasteiger charge is 2.07. The van der Waals surface area contributed by atoms with Gasteiger partial charge in [0.2, 0.25) is 5.91 Å². The van der Waals surface area contributed by atoms with Crippen molar-refractivity contribution in [1.82, 2.24) is 5.32 Å². The van der Waals surface area contributed by atoms with Crippen LogP contribution < -0.4 is 15.4 Å². The molecule has 120 valence electrons. The van der Waals surface area contributed by atoms with E-state index in [9.17, 15) is 9.59 Å². The van der Waals surface area contributed by atoms with Crippen molar-refractivity contribution < 1.29 is 14.3 Å². The average Bonchev–Trinajstić information content (AvgIpc) is 2.60. The van der Waals surface area contributed by atoms with E-state index in [2.05, 4.69) is 10.6 Å². The number of hydrogen-bond donors (Lipinski definition) is 2. The van der Waals surface area contributed by atoms with E-state index in [-0.39, 0.29) is 18.4 Å². The third kappa shape index (κ3) is 5.47. The highest BCUT2D eigenvalue weighted by atomic mass is 16.5. The Morgan fingerprint density at radius 1 is 1.00 bits per heavy atom. The van der Waals surface area contributed by atoms with E-state index in [0.29, 0.717) is 17.9 Å². The van der Waals surface area contributed by atoms with E-state index < -0.39 is 0 Å². The molecule has 0 radical (unpaired) electrons. The summed E-state index contributed by atoms with van der Waals surface area (Å²) in [6, 6.07) is 15.9. The minimum Gasteiger partial charge on any atom is -0.494 e. The summed E-state index contributed by atoms with van der Waals surface area (Å²) in [4.78, 5) is 23.7. The van der Waals surface area contributed by atoms with Crippen LogP contribution in [0, 0.1) is 0 Å². The van der Waals surface area contributed by atoms with Crippen LogP contribution in [-0.4, -0.2) is 25.0 Å². The van der Waals surface area contributed by atoms with Gasteiger partial charge in [0, 0.05) is 11.3 Å². The van der Waals surface area contributed by atoms with Gasteiger partial charge in [-0.25, -0.2) is 0 Å². The highest BCUT2D eigenvalue weighted by Crippen LogP contribution is 2.15. The summed E-state index contributed by atoms with van der Waals surface area (Å²) in [7, 11) is 0. The first-order valence-corrected chi connectivity index (χ1v) is 7.55. The van der Waals surface area contributed by atoms with Crippen molar-refractivity contribution >= 4 is 17.5 Å². The van der Waals surface area contributed by atoms with Crippen molar-refractivity contribution in [1.29, 1.82) is 0 Å². The van der Waals surface area contributed by atoms with Crippen molar-refractivity contribution in [3.05, 3.63) is 60.2 Å². The Kier molecular flexibility index (Phi) is 6.17. The van der Waals surface area contributed by atoms with E-state index in [1.807, 2.05) is 13.0 Å². The lowest BCUT2D eigenvalue weighted by atomic mass is 10.2. The molecule has 2 rings (SSSR count). The third-order valence-electron chi connectivity index (χ3n) is 3.06. The molecule has 0 saturated carbocycles. The average molecular weight is 312 g/mol. The molecule has 0 heterocycles. The molecule has 0 aromatic heterocycles. The second-order valence-electron chi connectivity index (χ2n) is 4.97. The number of amides is 2. The first-order valence-electron chi connectivity index (χ1n) is 7.55. The van der Waals surface area contributed by atoms with Crippen molar-refractivity contribution in [2.75, 3.05) is 18.5 Å². The van der Waals surface area contributed by atoms with Gasteiger partial charge in [-0.1, -0.05) is 25.1 Å². The Bertz CT molecular complexity index is 639. The van der Waals surface area contributed by atoms with Gasteiger partial charge < -0.3 is 15.4 Å². The molecule has 0 aliphatic rings. The Balaban J connectivity index is 1.79. The fourth-order valence-electron chi connectivity index (χ4n) is 1.91. The molecule has 2 amide bonds. The number of anilines is 1. The van der Waals surface area contributed by atoms with Gasteiger partial charge >= 0.3 is 0 Å². The number of rotatable bonds is 7. The first-order chi connectivity index (χ1) is 11.2. The van der Waals surface area contributed by atoms with Crippen LogP contribution in [0.5, 0.6) is 5.75 Å². The van der Waals surface area contributed by atoms with Gasteiger partial charge in [0.1, 0.15) is 5.75 Å². The summed E-state index contributed by atoms with van der Waals surface area (Å²) >= 11 is 0. The van der Waals surface area contributed by atoms with E-state index >= 15 is 0 Å². The zero-order valence-electron chi connectivity index (χ0n) is 13.0. The van der Waals surface area contributed by atoms with Crippen molar-refractivity contribution in [3.63, 3.8) is 0 Å². The van der Waals surface area contributed by atoms with Crippen LogP contribution in [0.3, 0.4) is 0 Å². The lowest BCUT2D eigenvalue weighted by molar-refractivity contribution is -0.115. The summed E-state index contributed by atoms with van der Waals surface area (Å²) in [5.74, 6) is 0.211. The number of hydrogen-bond acceptors (Lipinski definition) is 3. The molecule has 23 heavy (non-hydrogen) atoms. The van der Waals surface area contributed by atoms with Crippen LogP contribution in [0.1, 0.15) is 23.7 Å². The maximum Gasteiger partial charge on any atom is 0.251 e. The predicted molar refractivity (Wildman–Crippen MR) is 89.6 cm³/mol. The van der Waals surface area contributed by atoms with Crippen molar-refractivity contribution in [3.8, 4) is 5.75 Å². The van der Waals surface area contributed by atoms with Crippen LogP contribution in [0.4, 0.5) is 5.69 Å². The number of ether oxygens (including phenoxy) is 1. The number of nitrogens with one attached hydrogen (secondary N) is 2. The van der Waals surface area contributed by atoms with Gasteiger partial charge in [0.25, 0.3) is 5.91 Å². The minimum absolute atomic E-state index is 0.0815. The quantitative estimate of drug-likeness (QED) is 0.826. The third-order valence-corrected chi connectivity index (χ3v) is 3.06. The predicted octanol–water partition coefficient (Wildman–Crippen LogP) is 2.84. The SMILES string of the molecule is CCCOc1ccc(NC(=O)CNC(=O)c2ccccc2)cc1. The molecule has 5 heteroatoms. The van der Waals surface area contributed by atoms with E-state index in [0.717, 1.165) is 12.2 Å². The molecule has 2 aromatic carbocycles. The van der Waals surface area contributed by atoms with Gasteiger partial charge in [0.15, 0.2) is 0 Å². The molecule has 0 fully saturated rings. The second-order valence-corrected chi connectivity index (χ2v) is 4.97. The summed E-state index contributed by atoms with van der Waals surface area (Å²) in [5.41, 5.74) is 1.19. The molecule has 0 bridgehead atoms. The molecule has 2 N–H and O–H groups in total. The van der Waals surface area contributed by atoms with E-state index in [1.54, 1.807) is 48.5 Å². The molecular weight excluding hydrogens is 292 g/mol. The van der Waals surface area contributed by atoms with Crippen LogP contribution in [0.25, 0.3) is 0 Å². The summed E-state index contributed by atoms with van der Waals surface area (Å²) in [5, 5.41) is 5.31. The Hall–Kier alpha value is -2.82. The van der Waals surface area contributed by atoms with Gasteiger partial charge in [-0.2, -0.15) is 0 Å². The van der Waals surface area contributed by atoms with Gasteiger partial charge in [0.05, 0.1) is 13.2 Å². The zero-order valence-corrected chi connectivity index (χ0v) is 13.0. The zero-order chi connectivity index (χ0) is 16.5. The van der Waals surface area contributed by atoms with Crippen LogP contribution >= 0.6 is 0 Å². The molecule has 2 aromatic rings. The van der Waals surface area contributed by atoms with Crippen LogP contribution in [0.15, 0.2) is 54.6 Å².